The third-order valence-electron chi connectivity index (χ3n) is 12.3. The van der Waals surface area contributed by atoms with E-state index in [1.807, 2.05) is 18.2 Å². The molecule has 3 heteroatoms. The van der Waals surface area contributed by atoms with E-state index in [9.17, 15) is 0 Å². The van der Waals surface area contributed by atoms with Crippen LogP contribution in [-0.4, -0.2) is 15.2 Å². The molecule has 0 amide bonds. The van der Waals surface area contributed by atoms with Gasteiger partial charge in [0.25, 0.3) is 0 Å². The topological polar surface area (TPSA) is 38.7 Å². The van der Waals surface area contributed by atoms with Crippen LogP contribution in [0.25, 0.3) is 66.9 Å². The van der Waals surface area contributed by atoms with Gasteiger partial charge in [0.05, 0.1) is 5.41 Å². The average Bonchev–Trinajstić information content (AvgIpc) is 3.56. The van der Waals surface area contributed by atoms with Gasteiger partial charge in [-0.2, -0.15) is 0 Å². The number of hydrogen-bond donors (Lipinski definition) is 0. The second-order valence-corrected chi connectivity index (χ2v) is 15.6. The summed E-state index contributed by atoms with van der Waals surface area (Å²) < 4.78 is 0. The highest BCUT2D eigenvalue weighted by molar-refractivity contribution is 5.97. The van der Waals surface area contributed by atoms with Crippen molar-refractivity contribution in [3.63, 3.8) is 0 Å². The molecule has 2 aliphatic rings. The van der Waals surface area contributed by atoms with E-state index in [4.69, 9.17) is 15.2 Å². The van der Waals surface area contributed by atoms with Crippen LogP contribution in [0.15, 0.2) is 188 Å². The first kappa shape index (κ1) is 32.5. The van der Waals surface area contributed by atoms with Gasteiger partial charge in [0.2, 0.25) is 0 Å². The zero-order valence-electron chi connectivity index (χ0n) is 31.2. The minimum absolute atomic E-state index is 0.289. The monoisotopic (exact) mass is 715 g/mol. The van der Waals surface area contributed by atoms with Gasteiger partial charge in [-0.25, -0.2) is 4.98 Å². The maximum Gasteiger partial charge on any atom is 0.182 e. The maximum absolute atomic E-state index is 5.41. The lowest BCUT2D eigenvalue weighted by molar-refractivity contribution is 0.563. The van der Waals surface area contributed by atoms with Crippen LogP contribution in [-0.2, 0) is 10.8 Å². The van der Waals surface area contributed by atoms with Crippen LogP contribution >= 0.6 is 0 Å². The molecule has 0 atom stereocenters. The first-order chi connectivity index (χ1) is 27.5. The van der Waals surface area contributed by atoms with E-state index in [0.29, 0.717) is 5.82 Å². The Kier molecular flexibility index (Phi) is 7.11. The zero-order valence-corrected chi connectivity index (χ0v) is 31.2. The van der Waals surface area contributed by atoms with Crippen LogP contribution in [0, 0.1) is 0 Å². The fraction of sp³-hybridized carbons (Fsp3) is 0.0755. The molecule has 3 nitrogen and oxygen atoms in total. The van der Waals surface area contributed by atoms with Gasteiger partial charge in [-0.15, -0.1) is 10.2 Å². The summed E-state index contributed by atoms with van der Waals surface area (Å²) in [7, 11) is 0. The number of hydrogen-bond acceptors (Lipinski definition) is 3. The summed E-state index contributed by atoms with van der Waals surface area (Å²) in [6.07, 6.45) is 0. The summed E-state index contributed by atoms with van der Waals surface area (Å²) >= 11 is 0. The van der Waals surface area contributed by atoms with Gasteiger partial charge in [0, 0.05) is 22.1 Å². The van der Waals surface area contributed by atoms with Gasteiger partial charge < -0.3 is 0 Å². The normalized spacial score (nSPS) is 14.2. The molecular formula is C53H37N3. The molecule has 0 radical (unpaired) electrons. The third-order valence-corrected chi connectivity index (χ3v) is 12.3. The number of aromatic nitrogens is 3. The molecule has 8 aromatic carbocycles. The highest BCUT2D eigenvalue weighted by Gasteiger charge is 2.53. The smallest absolute Gasteiger partial charge is 0.182 e. The van der Waals surface area contributed by atoms with E-state index >= 15 is 0 Å². The van der Waals surface area contributed by atoms with E-state index in [2.05, 4.69) is 184 Å². The first-order valence-corrected chi connectivity index (χ1v) is 19.4. The molecule has 0 fully saturated rings. The molecule has 0 saturated carbocycles. The summed E-state index contributed by atoms with van der Waals surface area (Å²) in [4.78, 5) is 5.41. The van der Waals surface area contributed by atoms with Gasteiger partial charge in [0.15, 0.2) is 5.82 Å². The first-order valence-electron chi connectivity index (χ1n) is 19.4. The van der Waals surface area contributed by atoms with Crippen LogP contribution in [0.4, 0.5) is 0 Å². The quantitative estimate of drug-likeness (QED) is 0.182. The lowest BCUT2D eigenvalue weighted by Gasteiger charge is -2.46. The summed E-state index contributed by atoms with van der Waals surface area (Å²) in [5.74, 6) is 0.596. The SMILES string of the molecule is CC1(C)c2ccccc2C2(c3ccccc3-c3ccccc32)c2ccc(-c3nc(-c4cccc(-c5cccc6ccccc56)c4)nnc3-c3ccccc3)cc21. The van der Waals surface area contributed by atoms with Gasteiger partial charge in [-0.1, -0.05) is 190 Å². The van der Waals surface area contributed by atoms with Crippen molar-refractivity contribution in [1.29, 1.82) is 0 Å². The van der Waals surface area contributed by atoms with Gasteiger partial charge >= 0.3 is 0 Å². The lowest BCUT2D eigenvalue weighted by atomic mass is 9.55. The number of fused-ring (bicyclic) bond motifs is 10. The molecule has 0 saturated heterocycles. The fourth-order valence-corrected chi connectivity index (χ4v) is 9.74. The summed E-state index contributed by atoms with van der Waals surface area (Å²) in [6.45, 7) is 4.74. The highest BCUT2D eigenvalue weighted by Crippen LogP contribution is 2.62. The number of nitrogens with zero attached hydrogens (tertiary/aromatic N) is 3. The summed E-state index contributed by atoms with van der Waals surface area (Å²) in [5, 5.41) is 12.2. The van der Waals surface area contributed by atoms with Crippen LogP contribution in [0.1, 0.15) is 47.2 Å². The summed E-state index contributed by atoms with van der Waals surface area (Å²) in [6, 6.07) is 67.9. The average molecular weight is 716 g/mol. The zero-order chi connectivity index (χ0) is 37.4. The van der Waals surface area contributed by atoms with Crippen molar-refractivity contribution in [3.05, 3.63) is 221 Å². The minimum atomic E-state index is -0.452. The largest absolute Gasteiger partial charge is 0.224 e. The van der Waals surface area contributed by atoms with Crippen LogP contribution in [0.3, 0.4) is 0 Å². The molecule has 0 unspecified atom stereocenters. The van der Waals surface area contributed by atoms with Crippen molar-refractivity contribution < 1.29 is 0 Å². The Bertz CT molecular complexity index is 2960. The van der Waals surface area contributed by atoms with Crippen molar-refractivity contribution in [3.8, 4) is 56.2 Å². The Labute approximate surface area is 327 Å². The van der Waals surface area contributed by atoms with E-state index in [1.54, 1.807) is 0 Å². The van der Waals surface area contributed by atoms with Crippen molar-refractivity contribution >= 4 is 10.8 Å². The Hall–Kier alpha value is -6.97. The number of benzene rings is 8. The second-order valence-electron chi connectivity index (χ2n) is 15.6. The molecule has 264 valence electrons. The van der Waals surface area contributed by atoms with Crippen LogP contribution in [0.5, 0.6) is 0 Å². The van der Waals surface area contributed by atoms with E-state index in [-0.39, 0.29) is 5.41 Å². The molecule has 2 aliphatic carbocycles. The fourth-order valence-electron chi connectivity index (χ4n) is 9.74. The molecule has 0 N–H and O–H groups in total. The Morgan fingerprint density at radius 1 is 0.357 bits per heavy atom. The molecule has 9 aromatic rings. The second kappa shape index (κ2) is 12.3. The summed E-state index contributed by atoms with van der Waals surface area (Å²) in [5.41, 5.74) is 16.6. The van der Waals surface area contributed by atoms with Crippen molar-refractivity contribution in [2.24, 2.45) is 0 Å². The Morgan fingerprint density at radius 3 is 1.71 bits per heavy atom. The van der Waals surface area contributed by atoms with E-state index in [0.717, 1.165) is 33.6 Å². The highest BCUT2D eigenvalue weighted by atomic mass is 15.2. The lowest BCUT2D eigenvalue weighted by Crippen LogP contribution is -2.40. The third kappa shape index (κ3) is 4.61. The predicted molar refractivity (Wildman–Crippen MR) is 229 cm³/mol. The van der Waals surface area contributed by atoms with Crippen LogP contribution in [0.2, 0.25) is 0 Å². The van der Waals surface area contributed by atoms with Gasteiger partial charge in [-0.05, 0) is 78.5 Å². The predicted octanol–water partition coefficient (Wildman–Crippen LogP) is 12.7. The van der Waals surface area contributed by atoms with Crippen molar-refractivity contribution in [2.45, 2.75) is 24.7 Å². The van der Waals surface area contributed by atoms with Gasteiger partial charge in [0.1, 0.15) is 11.4 Å². The number of rotatable bonds is 4. The Balaban J connectivity index is 1.14. The molecule has 11 rings (SSSR count). The molecule has 0 bridgehead atoms. The molecule has 1 aromatic heterocycles. The molecular weight excluding hydrogens is 679 g/mol. The molecule has 0 aliphatic heterocycles. The molecule has 56 heavy (non-hydrogen) atoms. The maximum atomic E-state index is 5.41. The Morgan fingerprint density at radius 2 is 0.929 bits per heavy atom. The van der Waals surface area contributed by atoms with Gasteiger partial charge in [-0.3, -0.25) is 0 Å². The minimum Gasteiger partial charge on any atom is -0.224 e. The van der Waals surface area contributed by atoms with Crippen LogP contribution < -0.4 is 0 Å². The standard InChI is InChI=1S/C53H37N3/c1-52(2)45-28-12-13-29-46(45)53(43-26-10-8-23-41(43)42-24-9-11-27-44(42)53)47-31-30-37(33-48(47)52)49-50(35-17-4-3-5-18-35)55-56-51(54-49)38-21-14-20-36(32-38)40-25-15-19-34-16-6-7-22-39(34)40/h3-33H,1-2H3. The van der Waals surface area contributed by atoms with Crippen molar-refractivity contribution in [2.75, 3.05) is 0 Å². The molecule has 1 spiro atoms. The van der Waals surface area contributed by atoms with E-state index < -0.39 is 5.41 Å². The molecule has 1 heterocycles. The van der Waals surface area contributed by atoms with Crippen molar-refractivity contribution in [1.82, 2.24) is 15.2 Å². The van der Waals surface area contributed by atoms with E-state index in [1.165, 1.54) is 60.8 Å².